The molecule has 3 rings (SSSR count). The molecule has 0 radical (unpaired) electrons. The van der Waals surface area contributed by atoms with Crippen molar-refractivity contribution >= 4 is 11.8 Å². The van der Waals surface area contributed by atoms with Crippen LogP contribution in [0.3, 0.4) is 0 Å². The van der Waals surface area contributed by atoms with Gasteiger partial charge in [0.2, 0.25) is 11.8 Å². The maximum absolute atomic E-state index is 14.0. The van der Waals surface area contributed by atoms with Crippen molar-refractivity contribution in [3.05, 3.63) is 35.4 Å². The number of amides is 2. The zero-order valence-electron chi connectivity index (χ0n) is 14.8. The summed E-state index contributed by atoms with van der Waals surface area (Å²) < 4.78 is 27.5. The number of nitrogens with zero attached hydrogens (tertiary/aromatic N) is 2. The zero-order valence-corrected chi connectivity index (χ0v) is 14.8. The predicted molar refractivity (Wildman–Crippen MR) is 93.2 cm³/mol. The molecule has 2 aliphatic heterocycles. The molecule has 1 aromatic rings. The van der Waals surface area contributed by atoms with Crippen LogP contribution in [0.5, 0.6) is 0 Å². The number of nitrogens with one attached hydrogen (secondary N) is 1. The molecule has 0 saturated carbocycles. The van der Waals surface area contributed by atoms with E-state index in [1.54, 1.807) is 4.90 Å². The van der Waals surface area contributed by atoms with Crippen LogP contribution in [0, 0.1) is 11.6 Å². The number of rotatable bonds is 4. The van der Waals surface area contributed by atoms with Crippen LogP contribution in [0.2, 0.25) is 0 Å². The fraction of sp³-hybridized carbons (Fsp3) is 0.579. The molecule has 1 N–H and O–H groups in total. The van der Waals surface area contributed by atoms with Gasteiger partial charge in [-0.2, -0.15) is 0 Å². The summed E-state index contributed by atoms with van der Waals surface area (Å²) in [6.45, 7) is 2.50. The van der Waals surface area contributed by atoms with E-state index >= 15 is 0 Å². The quantitative estimate of drug-likeness (QED) is 0.889. The minimum absolute atomic E-state index is 0.0429. The highest BCUT2D eigenvalue weighted by molar-refractivity contribution is 5.88. The molecule has 2 saturated heterocycles. The first-order valence-corrected chi connectivity index (χ1v) is 9.28. The average Bonchev–Trinajstić information content (AvgIpc) is 2.91. The van der Waals surface area contributed by atoms with Crippen LogP contribution in [-0.4, -0.2) is 53.8 Å². The summed E-state index contributed by atoms with van der Waals surface area (Å²) in [5, 5.41) is 2.78. The van der Waals surface area contributed by atoms with Crippen LogP contribution in [0.25, 0.3) is 0 Å². The van der Waals surface area contributed by atoms with E-state index in [1.165, 1.54) is 12.1 Å². The van der Waals surface area contributed by atoms with Crippen molar-refractivity contribution in [2.75, 3.05) is 26.2 Å². The van der Waals surface area contributed by atoms with Gasteiger partial charge in [0.1, 0.15) is 0 Å². The second-order valence-electron chi connectivity index (χ2n) is 6.99. The number of carbonyl (C=O) groups excluding carboxylic acids is 2. The van der Waals surface area contributed by atoms with E-state index < -0.39 is 17.7 Å². The molecule has 7 heteroatoms. The summed E-state index contributed by atoms with van der Waals surface area (Å²) in [7, 11) is 0. The first kappa shape index (κ1) is 18.8. The number of likely N-dealkylation sites (tertiary alicyclic amines) is 1. The Kier molecular flexibility index (Phi) is 6.19. The van der Waals surface area contributed by atoms with Gasteiger partial charge in [-0.3, -0.25) is 14.5 Å². The molecular weight excluding hydrogens is 340 g/mol. The van der Waals surface area contributed by atoms with Gasteiger partial charge in [-0.05, 0) is 18.9 Å². The summed E-state index contributed by atoms with van der Waals surface area (Å²) >= 11 is 0. The van der Waals surface area contributed by atoms with E-state index in [2.05, 4.69) is 5.32 Å². The first-order chi connectivity index (χ1) is 12.6. The van der Waals surface area contributed by atoms with Gasteiger partial charge in [-0.25, -0.2) is 8.78 Å². The Hall–Kier alpha value is -2.02. The standard InChI is InChI=1S/C19H25F2N3O2/c20-15-7-5-6-14(18(15)21)13-24-11-8-22-19(26)16(24)12-17(25)23-9-3-1-2-4-10-23/h5-7,16H,1-4,8-13H2,(H,22,26). The van der Waals surface area contributed by atoms with E-state index in [0.717, 1.165) is 44.8 Å². The van der Waals surface area contributed by atoms with Crippen LogP contribution in [-0.2, 0) is 16.1 Å². The van der Waals surface area contributed by atoms with Gasteiger partial charge in [-0.1, -0.05) is 25.0 Å². The molecule has 0 aromatic heterocycles. The van der Waals surface area contributed by atoms with Gasteiger partial charge in [0.05, 0.1) is 12.5 Å². The third-order valence-corrected chi connectivity index (χ3v) is 5.17. The maximum Gasteiger partial charge on any atom is 0.237 e. The van der Waals surface area contributed by atoms with Gasteiger partial charge in [0.25, 0.3) is 0 Å². The fourth-order valence-electron chi connectivity index (χ4n) is 3.68. The lowest BCUT2D eigenvalue weighted by molar-refractivity contribution is -0.139. The Morgan fingerprint density at radius 3 is 2.58 bits per heavy atom. The normalized spacial score (nSPS) is 22.0. The Morgan fingerprint density at radius 1 is 1.12 bits per heavy atom. The lowest BCUT2D eigenvalue weighted by Crippen LogP contribution is -2.56. The second kappa shape index (κ2) is 8.58. The van der Waals surface area contributed by atoms with Gasteiger partial charge >= 0.3 is 0 Å². The molecule has 2 fully saturated rings. The Labute approximate surface area is 152 Å². The number of benzene rings is 1. The highest BCUT2D eigenvalue weighted by atomic mass is 19.2. The summed E-state index contributed by atoms with van der Waals surface area (Å²) in [6, 6.07) is 3.39. The summed E-state index contributed by atoms with van der Waals surface area (Å²) in [4.78, 5) is 28.6. The van der Waals surface area contributed by atoms with Crippen molar-refractivity contribution in [2.24, 2.45) is 0 Å². The molecule has 26 heavy (non-hydrogen) atoms. The van der Waals surface area contributed by atoms with E-state index in [4.69, 9.17) is 0 Å². The van der Waals surface area contributed by atoms with Crippen LogP contribution in [0.15, 0.2) is 18.2 Å². The van der Waals surface area contributed by atoms with Gasteiger partial charge in [0.15, 0.2) is 11.6 Å². The van der Waals surface area contributed by atoms with Crippen LogP contribution in [0.1, 0.15) is 37.7 Å². The van der Waals surface area contributed by atoms with E-state index in [1.807, 2.05) is 4.90 Å². The molecule has 1 unspecified atom stereocenters. The lowest BCUT2D eigenvalue weighted by Gasteiger charge is -2.35. The Balaban J connectivity index is 1.70. The largest absolute Gasteiger partial charge is 0.353 e. The summed E-state index contributed by atoms with van der Waals surface area (Å²) in [6.07, 6.45) is 4.29. The van der Waals surface area contributed by atoms with Crippen LogP contribution in [0.4, 0.5) is 8.78 Å². The van der Waals surface area contributed by atoms with Gasteiger partial charge < -0.3 is 10.2 Å². The molecular formula is C19H25F2N3O2. The summed E-state index contributed by atoms with van der Waals surface area (Å²) in [5.74, 6) is -2.06. The van der Waals surface area contributed by atoms with Crippen molar-refractivity contribution in [3.63, 3.8) is 0 Å². The monoisotopic (exact) mass is 365 g/mol. The minimum Gasteiger partial charge on any atom is -0.353 e. The molecule has 0 spiro atoms. The Morgan fingerprint density at radius 2 is 1.85 bits per heavy atom. The van der Waals surface area contributed by atoms with Crippen molar-refractivity contribution in [1.82, 2.24) is 15.1 Å². The third-order valence-electron chi connectivity index (χ3n) is 5.17. The molecule has 1 atom stereocenters. The number of piperazine rings is 1. The van der Waals surface area contributed by atoms with Crippen LogP contribution < -0.4 is 5.32 Å². The van der Waals surface area contributed by atoms with E-state index in [9.17, 15) is 18.4 Å². The first-order valence-electron chi connectivity index (χ1n) is 9.28. The topological polar surface area (TPSA) is 52.7 Å². The average molecular weight is 365 g/mol. The predicted octanol–water partition coefficient (Wildman–Crippen LogP) is 2.06. The summed E-state index contributed by atoms with van der Waals surface area (Å²) in [5.41, 5.74) is 0.201. The molecule has 5 nitrogen and oxygen atoms in total. The minimum atomic E-state index is -0.902. The van der Waals surface area contributed by atoms with Crippen molar-refractivity contribution < 1.29 is 18.4 Å². The number of hydrogen-bond donors (Lipinski definition) is 1. The molecule has 2 aliphatic rings. The molecule has 142 valence electrons. The molecule has 2 amide bonds. The van der Waals surface area contributed by atoms with Gasteiger partial charge in [0, 0.05) is 38.3 Å². The Bertz CT molecular complexity index is 660. The van der Waals surface area contributed by atoms with Crippen molar-refractivity contribution in [3.8, 4) is 0 Å². The maximum atomic E-state index is 14.0. The van der Waals surface area contributed by atoms with Gasteiger partial charge in [-0.15, -0.1) is 0 Å². The highest BCUT2D eigenvalue weighted by Gasteiger charge is 2.33. The fourth-order valence-corrected chi connectivity index (χ4v) is 3.68. The molecule has 0 aliphatic carbocycles. The highest BCUT2D eigenvalue weighted by Crippen LogP contribution is 2.19. The number of halogens is 2. The van der Waals surface area contributed by atoms with Crippen LogP contribution >= 0.6 is 0 Å². The molecule has 0 bridgehead atoms. The SMILES string of the molecule is O=C1NCCN(Cc2cccc(F)c2F)C1CC(=O)N1CCCCCC1. The van der Waals surface area contributed by atoms with E-state index in [-0.39, 0.29) is 30.3 Å². The smallest absolute Gasteiger partial charge is 0.237 e. The van der Waals surface area contributed by atoms with Crippen molar-refractivity contribution in [2.45, 2.75) is 44.7 Å². The lowest BCUT2D eigenvalue weighted by atomic mass is 10.1. The zero-order chi connectivity index (χ0) is 18.5. The number of carbonyl (C=O) groups is 2. The molecule has 2 heterocycles. The third kappa shape index (κ3) is 4.38. The molecule has 1 aromatic carbocycles. The van der Waals surface area contributed by atoms with E-state index in [0.29, 0.717) is 13.1 Å². The number of hydrogen-bond acceptors (Lipinski definition) is 3. The van der Waals surface area contributed by atoms with Crippen molar-refractivity contribution in [1.29, 1.82) is 0 Å². The second-order valence-corrected chi connectivity index (χ2v) is 6.99.